The molecule has 0 aliphatic carbocycles. The number of rotatable bonds is 8. The highest BCUT2D eigenvalue weighted by Gasteiger charge is 2.23. The molecule has 1 heterocycles. The van der Waals surface area contributed by atoms with E-state index < -0.39 is 47.1 Å². The van der Waals surface area contributed by atoms with Gasteiger partial charge in [0, 0.05) is 12.1 Å². The van der Waals surface area contributed by atoms with Crippen LogP contribution in [0, 0.1) is 0 Å². The van der Waals surface area contributed by atoms with Crippen molar-refractivity contribution in [3.05, 3.63) is 62.3 Å². The number of benzene rings is 1. The van der Waals surface area contributed by atoms with E-state index in [1.807, 2.05) is 4.98 Å². The van der Waals surface area contributed by atoms with E-state index in [0.29, 0.717) is 12.0 Å². The third kappa shape index (κ3) is 5.18. The summed E-state index contributed by atoms with van der Waals surface area (Å²) < 4.78 is 5.97. The van der Waals surface area contributed by atoms with Crippen molar-refractivity contribution in [1.29, 1.82) is 0 Å². The number of aromatic nitrogens is 2. The molecule has 0 fully saturated rings. The molecule has 10 heteroatoms. The number of Topliss-reactive ketones (excluding diaryl/α,β-unsaturated/α-hetero) is 1. The Bertz CT molecular complexity index is 1030. The average molecular weight is 402 g/mol. The van der Waals surface area contributed by atoms with E-state index in [0.717, 1.165) is 4.57 Å². The van der Waals surface area contributed by atoms with Crippen LogP contribution in [-0.4, -0.2) is 39.9 Å². The van der Waals surface area contributed by atoms with Crippen LogP contribution in [0.1, 0.15) is 41.0 Å². The number of anilines is 1. The molecule has 4 N–H and O–H groups in total. The summed E-state index contributed by atoms with van der Waals surface area (Å²) in [5.74, 6) is -2.48. The molecule has 0 saturated carbocycles. The number of aromatic amines is 1. The highest BCUT2D eigenvalue weighted by molar-refractivity contribution is 6.01. The van der Waals surface area contributed by atoms with Gasteiger partial charge in [-0.1, -0.05) is 25.1 Å². The van der Waals surface area contributed by atoms with Crippen molar-refractivity contribution in [3.63, 3.8) is 0 Å². The second-order valence-corrected chi connectivity index (χ2v) is 6.26. The zero-order valence-corrected chi connectivity index (χ0v) is 16.1. The Labute approximate surface area is 165 Å². The number of nitrogens with two attached hydrogens (primary N) is 1. The van der Waals surface area contributed by atoms with Gasteiger partial charge in [-0.25, -0.2) is 9.59 Å². The van der Waals surface area contributed by atoms with Crippen LogP contribution >= 0.6 is 0 Å². The number of ether oxygens (including phenoxy) is 1. The van der Waals surface area contributed by atoms with Crippen LogP contribution in [0.15, 0.2) is 39.9 Å². The number of hydrogen-bond donors (Lipinski definition) is 3. The summed E-state index contributed by atoms with van der Waals surface area (Å²) in [6.07, 6.45) is 0.553. The monoisotopic (exact) mass is 402 g/mol. The van der Waals surface area contributed by atoms with Gasteiger partial charge in [-0.05, 0) is 25.5 Å². The summed E-state index contributed by atoms with van der Waals surface area (Å²) in [5.41, 5.74) is 4.03. The minimum Gasteiger partial charge on any atom is -0.456 e. The molecule has 29 heavy (non-hydrogen) atoms. The molecule has 0 radical (unpaired) electrons. The van der Waals surface area contributed by atoms with E-state index in [1.165, 1.54) is 6.92 Å². The van der Waals surface area contributed by atoms with E-state index in [4.69, 9.17) is 10.5 Å². The van der Waals surface area contributed by atoms with Crippen molar-refractivity contribution in [1.82, 2.24) is 14.9 Å². The maximum Gasteiger partial charge on any atom is 0.329 e. The lowest BCUT2D eigenvalue weighted by molar-refractivity contribution is -0.144. The van der Waals surface area contributed by atoms with Crippen LogP contribution < -0.4 is 22.3 Å². The highest BCUT2D eigenvalue weighted by Crippen LogP contribution is 2.07. The van der Waals surface area contributed by atoms with Gasteiger partial charge in [-0.15, -0.1) is 0 Å². The Kier molecular flexibility index (Phi) is 7.07. The molecule has 10 nitrogen and oxygen atoms in total. The minimum absolute atomic E-state index is 0.212. The first kappa shape index (κ1) is 21.6. The Morgan fingerprint density at radius 2 is 1.86 bits per heavy atom. The summed E-state index contributed by atoms with van der Waals surface area (Å²) in [4.78, 5) is 62.3. The third-order valence-electron chi connectivity index (χ3n) is 4.05. The molecule has 0 unspecified atom stereocenters. The minimum atomic E-state index is -1.03. The van der Waals surface area contributed by atoms with E-state index >= 15 is 0 Å². The van der Waals surface area contributed by atoms with E-state index in [1.54, 1.807) is 37.3 Å². The molecular weight excluding hydrogens is 380 g/mol. The molecule has 1 amide bonds. The molecule has 0 aliphatic heterocycles. The molecule has 0 spiro atoms. The largest absolute Gasteiger partial charge is 0.456 e. The average Bonchev–Trinajstić information content (AvgIpc) is 2.69. The predicted molar refractivity (Wildman–Crippen MR) is 105 cm³/mol. The van der Waals surface area contributed by atoms with Crippen LogP contribution in [0.3, 0.4) is 0 Å². The number of nitrogens with zero attached hydrogens (tertiary/aromatic N) is 1. The van der Waals surface area contributed by atoms with Crippen LogP contribution in [0.4, 0.5) is 5.82 Å². The molecule has 1 aromatic carbocycles. The maximum absolute atomic E-state index is 12.3. The van der Waals surface area contributed by atoms with Gasteiger partial charge in [0.1, 0.15) is 17.4 Å². The Morgan fingerprint density at radius 1 is 1.21 bits per heavy atom. The number of hydrogen-bond acceptors (Lipinski definition) is 7. The second-order valence-electron chi connectivity index (χ2n) is 6.26. The first-order valence-corrected chi connectivity index (χ1v) is 8.94. The molecular formula is C19H22N4O6. The molecule has 1 aromatic heterocycles. The van der Waals surface area contributed by atoms with Gasteiger partial charge in [-0.3, -0.25) is 23.9 Å². The lowest BCUT2D eigenvalue weighted by atomic mass is 10.2. The van der Waals surface area contributed by atoms with Gasteiger partial charge in [0.2, 0.25) is 5.78 Å². The van der Waals surface area contributed by atoms with E-state index in [9.17, 15) is 24.0 Å². The van der Waals surface area contributed by atoms with Crippen LogP contribution in [-0.2, 0) is 16.1 Å². The highest BCUT2D eigenvalue weighted by atomic mass is 16.5. The predicted octanol–water partition coefficient (Wildman–Crippen LogP) is 0.0732. The van der Waals surface area contributed by atoms with Gasteiger partial charge in [0.05, 0.1) is 0 Å². The van der Waals surface area contributed by atoms with Crippen LogP contribution in [0.5, 0.6) is 0 Å². The van der Waals surface area contributed by atoms with Gasteiger partial charge in [-0.2, -0.15) is 0 Å². The SMILES string of the molecule is CCCn1c(N)c(C(=O)COC(=O)[C@H](C)NC(=O)c2ccccc2)c(=O)[nH]c1=O. The first-order valence-electron chi connectivity index (χ1n) is 8.94. The summed E-state index contributed by atoms with van der Waals surface area (Å²) in [7, 11) is 0. The Balaban J connectivity index is 2.04. The fourth-order valence-electron chi connectivity index (χ4n) is 2.57. The van der Waals surface area contributed by atoms with Crippen molar-refractivity contribution in [2.45, 2.75) is 32.9 Å². The number of amides is 1. The number of H-pyrrole nitrogens is 1. The molecule has 2 rings (SSSR count). The number of carbonyl (C=O) groups is 3. The summed E-state index contributed by atoms with van der Waals surface area (Å²) in [6.45, 7) is 2.65. The quantitative estimate of drug-likeness (QED) is 0.417. The topological polar surface area (TPSA) is 153 Å². The lowest BCUT2D eigenvalue weighted by Crippen LogP contribution is -2.41. The summed E-state index contributed by atoms with van der Waals surface area (Å²) in [6, 6.07) is 7.23. The molecule has 1 atom stereocenters. The van der Waals surface area contributed by atoms with Gasteiger partial charge in [0.25, 0.3) is 11.5 Å². The smallest absolute Gasteiger partial charge is 0.329 e. The zero-order valence-electron chi connectivity index (χ0n) is 16.1. The molecule has 2 aromatic rings. The Morgan fingerprint density at radius 3 is 2.48 bits per heavy atom. The molecule has 0 aliphatic rings. The van der Waals surface area contributed by atoms with Crippen molar-refractivity contribution in [2.24, 2.45) is 0 Å². The van der Waals surface area contributed by atoms with E-state index in [-0.39, 0.29) is 12.4 Å². The molecule has 154 valence electrons. The number of carbonyl (C=O) groups excluding carboxylic acids is 3. The van der Waals surface area contributed by atoms with Gasteiger partial charge >= 0.3 is 11.7 Å². The second kappa shape index (κ2) is 9.49. The molecule has 0 bridgehead atoms. The molecule has 0 saturated heterocycles. The fourth-order valence-corrected chi connectivity index (χ4v) is 2.57. The van der Waals surface area contributed by atoms with Gasteiger partial charge in [0.15, 0.2) is 6.61 Å². The lowest BCUT2D eigenvalue weighted by Gasteiger charge is -2.14. The fraction of sp³-hybridized carbons (Fsp3) is 0.316. The zero-order chi connectivity index (χ0) is 21.6. The number of esters is 1. The maximum atomic E-state index is 12.3. The van der Waals surface area contributed by atoms with Gasteiger partial charge < -0.3 is 15.8 Å². The normalized spacial score (nSPS) is 11.5. The van der Waals surface area contributed by atoms with Crippen molar-refractivity contribution in [3.8, 4) is 0 Å². The van der Waals surface area contributed by atoms with Crippen molar-refractivity contribution >= 4 is 23.5 Å². The Hall–Kier alpha value is -3.69. The number of ketones is 1. The number of nitrogen functional groups attached to an aromatic ring is 1. The summed E-state index contributed by atoms with van der Waals surface area (Å²) in [5, 5.41) is 2.45. The number of nitrogens with one attached hydrogen (secondary N) is 2. The van der Waals surface area contributed by atoms with E-state index in [2.05, 4.69) is 5.32 Å². The van der Waals surface area contributed by atoms with Crippen LogP contribution in [0.25, 0.3) is 0 Å². The van der Waals surface area contributed by atoms with Crippen molar-refractivity contribution < 1.29 is 19.1 Å². The summed E-state index contributed by atoms with van der Waals surface area (Å²) >= 11 is 0. The third-order valence-corrected chi connectivity index (χ3v) is 4.05. The first-order chi connectivity index (χ1) is 13.8. The van der Waals surface area contributed by atoms with Crippen molar-refractivity contribution in [2.75, 3.05) is 12.3 Å². The standard InChI is InChI=1S/C19H22N4O6/c1-3-9-23-15(20)14(17(26)22-19(23)28)13(24)10-29-18(27)11(2)21-16(25)12-7-5-4-6-8-12/h4-8,11H,3,9-10,20H2,1-2H3,(H,21,25)(H,22,26,28)/t11-/m0/s1. The van der Waals surface area contributed by atoms with Crippen LogP contribution in [0.2, 0.25) is 0 Å².